The molecular weight excluding hydrogens is 364 g/mol. The van der Waals surface area contributed by atoms with Crippen molar-refractivity contribution in [3.8, 4) is 22.6 Å². The lowest BCUT2D eigenvalue weighted by atomic mass is 10.1. The Labute approximate surface area is 162 Å². The van der Waals surface area contributed by atoms with E-state index in [0.717, 1.165) is 11.1 Å². The molecule has 0 atom stereocenters. The molecule has 3 rings (SSSR count). The minimum Gasteiger partial charge on any atom is -0.426 e. The third-order valence-corrected chi connectivity index (χ3v) is 4.10. The molecule has 0 radical (unpaired) electrons. The predicted octanol–water partition coefficient (Wildman–Crippen LogP) is 5.30. The molecule has 136 valence electrons. The van der Waals surface area contributed by atoms with Crippen molar-refractivity contribution < 1.29 is 19.1 Å². The van der Waals surface area contributed by atoms with Crippen LogP contribution in [0.2, 0.25) is 5.02 Å². The Morgan fingerprint density at radius 2 is 1.19 bits per heavy atom. The fourth-order valence-electron chi connectivity index (χ4n) is 2.49. The Bertz CT molecular complexity index is 938. The van der Waals surface area contributed by atoms with Gasteiger partial charge in [-0.15, -0.1) is 0 Å². The fourth-order valence-corrected chi connectivity index (χ4v) is 2.67. The summed E-state index contributed by atoms with van der Waals surface area (Å²) in [6.07, 6.45) is -0.191. The van der Waals surface area contributed by atoms with Crippen LogP contribution in [0.3, 0.4) is 0 Å². The van der Waals surface area contributed by atoms with Crippen molar-refractivity contribution >= 4 is 23.5 Å². The molecule has 0 aromatic heterocycles. The smallest absolute Gasteiger partial charge is 0.311 e. The number of para-hydroxylation sites is 2. The third-order valence-electron chi connectivity index (χ3n) is 3.79. The highest BCUT2D eigenvalue weighted by Crippen LogP contribution is 2.30. The van der Waals surface area contributed by atoms with Gasteiger partial charge in [0.1, 0.15) is 11.5 Å². The van der Waals surface area contributed by atoms with Gasteiger partial charge in [0, 0.05) is 5.56 Å². The van der Waals surface area contributed by atoms with Crippen molar-refractivity contribution in [3.05, 3.63) is 83.9 Å². The molecule has 27 heavy (non-hydrogen) atoms. The van der Waals surface area contributed by atoms with Crippen LogP contribution in [0, 0.1) is 0 Å². The highest BCUT2D eigenvalue weighted by atomic mass is 35.5. The number of halogens is 1. The summed E-state index contributed by atoms with van der Waals surface area (Å²) in [7, 11) is 0. The van der Waals surface area contributed by atoms with Crippen molar-refractivity contribution in [2.75, 3.05) is 0 Å². The number of ether oxygens (including phenoxy) is 2. The summed E-state index contributed by atoms with van der Waals surface area (Å²) in [6, 6.07) is 23.6. The standard InChI is InChI=1S/C22H17ClO4/c23-18-11-5-7-13-20(18)27-22(25)15-14-21(24)26-19-12-6-4-10-17(19)16-8-2-1-3-9-16/h1-13H,14-15H2. The maximum atomic E-state index is 12.2. The quantitative estimate of drug-likeness (QED) is 0.430. The topological polar surface area (TPSA) is 52.6 Å². The zero-order valence-electron chi connectivity index (χ0n) is 14.4. The summed E-state index contributed by atoms with van der Waals surface area (Å²) in [5.74, 6) is -0.328. The molecule has 0 saturated heterocycles. The van der Waals surface area contributed by atoms with Crippen LogP contribution in [0.25, 0.3) is 11.1 Å². The SMILES string of the molecule is O=C(CCC(=O)Oc1ccccc1-c1ccccc1)Oc1ccccc1Cl. The second-order valence-electron chi connectivity index (χ2n) is 5.74. The fraction of sp³-hybridized carbons (Fsp3) is 0.0909. The largest absolute Gasteiger partial charge is 0.426 e. The van der Waals surface area contributed by atoms with E-state index in [-0.39, 0.29) is 18.6 Å². The lowest BCUT2D eigenvalue weighted by molar-refractivity contribution is -0.140. The molecule has 3 aromatic carbocycles. The molecule has 0 aliphatic carbocycles. The molecule has 0 N–H and O–H groups in total. The van der Waals surface area contributed by atoms with Crippen molar-refractivity contribution in [1.29, 1.82) is 0 Å². The zero-order valence-corrected chi connectivity index (χ0v) is 15.2. The average molecular weight is 381 g/mol. The molecule has 0 amide bonds. The zero-order chi connectivity index (χ0) is 19.1. The van der Waals surface area contributed by atoms with Crippen molar-refractivity contribution in [1.82, 2.24) is 0 Å². The van der Waals surface area contributed by atoms with Gasteiger partial charge in [0.2, 0.25) is 0 Å². The lowest BCUT2D eigenvalue weighted by Crippen LogP contribution is -2.14. The molecule has 4 nitrogen and oxygen atoms in total. The molecule has 3 aromatic rings. The van der Waals surface area contributed by atoms with Crippen molar-refractivity contribution in [2.24, 2.45) is 0 Å². The molecule has 0 unspecified atom stereocenters. The van der Waals surface area contributed by atoms with Gasteiger partial charge >= 0.3 is 11.9 Å². The number of esters is 2. The van der Waals surface area contributed by atoms with Crippen LogP contribution < -0.4 is 9.47 Å². The first-order chi connectivity index (χ1) is 13.1. The average Bonchev–Trinajstić information content (AvgIpc) is 2.69. The van der Waals surface area contributed by atoms with E-state index in [2.05, 4.69) is 0 Å². The lowest BCUT2D eigenvalue weighted by Gasteiger charge is -2.10. The van der Waals surface area contributed by atoms with Gasteiger partial charge < -0.3 is 9.47 Å². The number of carbonyl (C=O) groups is 2. The second kappa shape index (κ2) is 9.01. The Kier molecular flexibility index (Phi) is 6.23. The van der Waals surface area contributed by atoms with Gasteiger partial charge in [-0.1, -0.05) is 72.3 Å². The van der Waals surface area contributed by atoms with Crippen LogP contribution in [0.1, 0.15) is 12.8 Å². The van der Waals surface area contributed by atoms with E-state index >= 15 is 0 Å². The van der Waals surface area contributed by atoms with Crippen LogP contribution in [-0.4, -0.2) is 11.9 Å². The summed E-state index contributed by atoms with van der Waals surface area (Å²) in [4.78, 5) is 24.1. The molecule has 0 aliphatic rings. The van der Waals surface area contributed by atoms with Crippen LogP contribution in [-0.2, 0) is 9.59 Å². The maximum Gasteiger partial charge on any atom is 0.311 e. The summed E-state index contributed by atoms with van der Waals surface area (Å²) < 4.78 is 10.6. The Hall–Kier alpha value is -3.11. The van der Waals surface area contributed by atoms with Crippen LogP contribution >= 0.6 is 11.6 Å². The Balaban J connectivity index is 1.59. The Morgan fingerprint density at radius 1 is 0.667 bits per heavy atom. The predicted molar refractivity (Wildman–Crippen MR) is 104 cm³/mol. The van der Waals surface area contributed by atoms with Crippen LogP contribution in [0.4, 0.5) is 0 Å². The summed E-state index contributed by atoms with van der Waals surface area (Å²) in [5, 5.41) is 0.338. The van der Waals surface area contributed by atoms with Crippen LogP contribution in [0.5, 0.6) is 11.5 Å². The number of hydrogen-bond acceptors (Lipinski definition) is 4. The van der Waals surface area contributed by atoms with E-state index in [0.29, 0.717) is 10.8 Å². The van der Waals surface area contributed by atoms with E-state index < -0.39 is 11.9 Å². The number of carbonyl (C=O) groups excluding carboxylic acids is 2. The van der Waals surface area contributed by atoms with Crippen molar-refractivity contribution in [3.63, 3.8) is 0 Å². The normalized spacial score (nSPS) is 10.3. The highest BCUT2D eigenvalue weighted by molar-refractivity contribution is 6.32. The minimum absolute atomic E-state index is 0.0909. The van der Waals surface area contributed by atoms with Gasteiger partial charge in [0.15, 0.2) is 0 Å². The van der Waals surface area contributed by atoms with E-state index in [4.69, 9.17) is 21.1 Å². The summed E-state index contributed by atoms with van der Waals surface area (Å²) in [6.45, 7) is 0. The molecule has 5 heteroatoms. The number of rotatable bonds is 6. The monoisotopic (exact) mass is 380 g/mol. The molecule has 0 aliphatic heterocycles. The first-order valence-corrected chi connectivity index (χ1v) is 8.81. The van der Waals surface area contributed by atoms with Crippen molar-refractivity contribution in [2.45, 2.75) is 12.8 Å². The van der Waals surface area contributed by atoms with Gasteiger partial charge in [0.25, 0.3) is 0 Å². The van der Waals surface area contributed by atoms with E-state index in [9.17, 15) is 9.59 Å². The number of hydrogen-bond donors (Lipinski definition) is 0. The molecular formula is C22H17ClO4. The van der Waals surface area contributed by atoms with Gasteiger partial charge in [0.05, 0.1) is 17.9 Å². The highest BCUT2D eigenvalue weighted by Gasteiger charge is 2.14. The molecule has 0 spiro atoms. The van der Waals surface area contributed by atoms with Gasteiger partial charge in [-0.25, -0.2) is 0 Å². The minimum atomic E-state index is -0.545. The maximum absolute atomic E-state index is 12.2. The molecule has 0 heterocycles. The third kappa shape index (κ3) is 5.19. The molecule has 0 saturated carbocycles. The first kappa shape index (κ1) is 18.7. The van der Waals surface area contributed by atoms with Gasteiger partial charge in [-0.05, 0) is 23.8 Å². The van der Waals surface area contributed by atoms with E-state index in [1.54, 1.807) is 36.4 Å². The van der Waals surface area contributed by atoms with Gasteiger partial charge in [-0.2, -0.15) is 0 Å². The molecule has 0 bridgehead atoms. The summed E-state index contributed by atoms with van der Waals surface area (Å²) in [5.41, 5.74) is 1.75. The Morgan fingerprint density at radius 3 is 1.85 bits per heavy atom. The molecule has 0 fully saturated rings. The second-order valence-corrected chi connectivity index (χ2v) is 6.15. The number of benzene rings is 3. The van der Waals surface area contributed by atoms with Crippen LogP contribution in [0.15, 0.2) is 78.9 Å². The van der Waals surface area contributed by atoms with E-state index in [1.807, 2.05) is 42.5 Å². The van der Waals surface area contributed by atoms with E-state index in [1.165, 1.54) is 0 Å². The van der Waals surface area contributed by atoms with Gasteiger partial charge in [-0.3, -0.25) is 9.59 Å². The summed E-state index contributed by atoms with van der Waals surface area (Å²) >= 11 is 5.95. The first-order valence-electron chi connectivity index (χ1n) is 8.44.